The number of nitrogens with zero attached hydrogens (tertiary/aromatic N) is 4. The molecule has 3 rings (SSSR count). The molecule has 0 saturated heterocycles. The summed E-state index contributed by atoms with van der Waals surface area (Å²) < 4.78 is 7.24. The number of ether oxygens (including phenoxy) is 1. The van der Waals surface area contributed by atoms with Crippen LogP contribution >= 0.6 is 23.2 Å². The Balaban J connectivity index is 2.10. The molecule has 0 bridgehead atoms. The van der Waals surface area contributed by atoms with E-state index in [0.717, 1.165) is 5.69 Å². The molecule has 0 spiro atoms. The lowest BCUT2D eigenvalue weighted by Crippen LogP contribution is -1.99. The molecule has 19 heavy (non-hydrogen) atoms. The predicted octanol–water partition coefficient (Wildman–Crippen LogP) is 3.53. The highest BCUT2D eigenvalue weighted by Crippen LogP contribution is 2.31. The number of fused-ring (bicyclic) bond motifs is 1. The monoisotopic (exact) mass is 294 g/mol. The van der Waals surface area contributed by atoms with Crippen molar-refractivity contribution in [2.24, 2.45) is 0 Å². The van der Waals surface area contributed by atoms with Crippen LogP contribution in [-0.2, 0) is 0 Å². The van der Waals surface area contributed by atoms with Gasteiger partial charge in [-0.2, -0.15) is 14.6 Å². The van der Waals surface area contributed by atoms with Gasteiger partial charge in [-0.1, -0.05) is 23.2 Å². The average molecular weight is 295 g/mol. The van der Waals surface area contributed by atoms with Crippen LogP contribution in [-0.4, -0.2) is 19.6 Å². The lowest BCUT2D eigenvalue weighted by atomic mass is 10.3. The zero-order valence-electron chi connectivity index (χ0n) is 9.84. The van der Waals surface area contributed by atoms with Gasteiger partial charge in [0.1, 0.15) is 12.1 Å². The number of hydrogen-bond donors (Lipinski definition) is 0. The van der Waals surface area contributed by atoms with Crippen molar-refractivity contribution in [3.8, 4) is 11.6 Å². The Labute approximate surface area is 118 Å². The summed E-state index contributed by atoms with van der Waals surface area (Å²) in [7, 11) is 0. The maximum Gasteiger partial charge on any atom is 0.255 e. The predicted molar refractivity (Wildman–Crippen MR) is 72.1 cm³/mol. The average Bonchev–Trinajstić information content (AvgIpc) is 2.82. The third-order valence-corrected chi connectivity index (χ3v) is 3.00. The first-order valence-corrected chi connectivity index (χ1v) is 6.19. The Morgan fingerprint density at radius 2 is 2.05 bits per heavy atom. The number of halogens is 2. The van der Waals surface area contributed by atoms with Crippen molar-refractivity contribution in [3.05, 3.63) is 46.3 Å². The van der Waals surface area contributed by atoms with Crippen LogP contribution in [0, 0.1) is 6.92 Å². The molecule has 0 fully saturated rings. The molecule has 0 saturated carbocycles. The van der Waals surface area contributed by atoms with Crippen LogP contribution in [0.15, 0.2) is 30.6 Å². The van der Waals surface area contributed by atoms with Crippen molar-refractivity contribution in [2.45, 2.75) is 6.92 Å². The molecule has 5 nitrogen and oxygen atoms in total. The van der Waals surface area contributed by atoms with E-state index in [1.807, 2.05) is 6.92 Å². The molecule has 0 aliphatic rings. The molecule has 2 heterocycles. The number of aryl methyl sites for hydroxylation is 1. The molecule has 0 radical (unpaired) electrons. The summed E-state index contributed by atoms with van der Waals surface area (Å²) in [6.07, 6.45) is 1.41. The minimum Gasteiger partial charge on any atom is -0.437 e. The summed E-state index contributed by atoms with van der Waals surface area (Å²) >= 11 is 12.0. The highest BCUT2D eigenvalue weighted by atomic mass is 35.5. The van der Waals surface area contributed by atoms with Crippen LogP contribution in [0.2, 0.25) is 10.0 Å². The van der Waals surface area contributed by atoms with Crippen LogP contribution in [0.3, 0.4) is 0 Å². The number of aromatic nitrogens is 4. The molecule has 2 aromatic heterocycles. The van der Waals surface area contributed by atoms with Crippen LogP contribution < -0.4 is 4.74 Å². The Morgan fingerprint density at radius 1 is 1.21 bits per heavy atom. The number of rotatable bonds is 2. The van der Waals surface area contributed by atoms with Crippen LogP contribution in [0.4, 0.5) is 0 Å². The first-order chi connectivity index (χ1) is 9.13. The van der Waals surface area contributed by atoms with Gasteiger partial charge in [-0.15, -0.1) is 0 Å². The van der Waals surface area contributed by atoms with Gasteiger partial charge in [0.25, 0.3) is 5.78 Å². The highest BCUT2D eigenvalue weighted by Gasteiger charge is 2.10. The second-order valence-corrected chi connectivity index (χ2v) is 4.73. The molecule has 0 aliphatic carbocycles. The smallest absolute Gasteiger partial charge is 0.255 e. The highest BCUT2D eigenvalue weighted by molar-refractivity contribution is 6.34. The fourth-order valence-electron chi connectivity index (χ4n) is 1.64. The minimum atomic E-state index is 0.455. The van der Waals surface area contributed by atoms with Crippen molar-refractivity contribution in [3.63, 3.8) is 0 Å². The van der Waals surface area contributed by atoms with E-state index in [-0.39, 0.29) is 0 Å². The summed E-state index contributed by atoms with van der Waals surface area (Å²) in [4.78, 5) is 8.25. The molecule has 0 atom stereocenters. The Hall–Kier alpha value is -1.85. The second-order valence-electron chi connectivity index (χ2n) is 3.88. The summed E-state index contributed by atoms with van der Waals surface area (Å²) in [5.41, 5.74) is 0.772. The summed E-state index contributed by atoms with van der Waals surface area (Å²) in [6.45, 7) is 1.85. The van der Waals surface area contributed by atoms with Crippen molar-refractivity contribution in [2.75, 3.05) is 0 Å². The van der Waals surface area contributed by atoms with E-state index in [1.165, 1.54) is 10.8 Å². The molecule has 7 heteroatoms. The van der Waals surface area contributed by atoms with Crippen molar-refractivity contribution < 1.29 is 4.74 Å². The van der Waals surface area contributed by atoms with E-state index in [1.54, 1.807) is 24.3 Å². The molecule has 0 unspecified atom stereocenters. The van der Waals surface area contributed by atoms with Crippen LogP contribution in [0.25, 0.3) is 5.78 Å². The van der Waals surface area contributed by atoms with E-state index in [2.05, 4.69) is 15.1 Å². The molecule has 0 aliphatic heterocycles. The SMILES string of the molecule is Cc1cc(Oc2cc(Cl)ccc2Cl)n2ncnc2n1. The molecule has 96 valence electrons. The lowest BCUT2D eigenvalue weighted by molar-refractivity contribution is 0.445. The first kappa shape index (κ1) is 12.2. The fourth-order valence-corrected chi connectivity index (χ4v) is 1.96. The normalized spacial score (nSPS) is 10.9. The van der Waals surface area contributed by atoms with E-state index >= 15 is 0 Å². The lowest BCUT2D eigenvalue weighted by Gasteiger charge is -2.09. The van der Waals surface area contributed by atoms with Crippen LogP contribution in [0.5, 0.6) is 11.6 Å². The quantitative estimate of drug-likeness (QED) is 0.725. The van der Waals surface area contributed by atoms with Crippen molar-refractivity contribution in [1.82, 2.24) is 19.6 Å². The van der Waals surface area contributed by atoms with Gasteiger partial charge in [0.05, 0.1) is 5.02 Å². The Morgan fingerprint density at radius 3 is 2.89 bits per heavy atom. The van der Waals surface area contributed by atoms with Gasteiger partial charge >= 0.3 is 0 Å². The molecular formula is C12H8Cl2N4O. The van der Waals surface area contributed by atoms with Crippen molar-refractivity contribution >= 4 is 29.0 Å². The van der Waals surface area contributed by atoms with E-state index in [4.69, 9.17) is 27.9 Å². The largest absolute Gasteiger partial charge is 0.437 e. The van der Waals surface area contributed by atoms with Gasteiger partial charge in [0.15, 0.2) is 0 Å². The summed E-state index contributed by atoms with van der Waals surface area (Å²) in [5.74, 6) is 1.40. The third-order valence-electron chi connectivity index (χ3n) is 2.46. The van der Waals surface area contributed by atoms with E-state index in [9.17, 15) is 0 Å². The number of hydrogen-bond acceptors (Lipinski definition) is 4. The third kappa shape index (κ3) is 2.34. The molecular weight excluding hydrogens is 287 g/mol. The molecule has 0 N–H and O–H groups in total. The Bertz CT molecular complexity index is 757. The zero-order chi connectivity index (χ0) is 13.4. The maximum atomic E-state index is 6.07. The van der Waals surface area contributed by atoms with E-state index in [0.29, 0.717) is 27.5 Å². The topological polar surface area (TPSA) is 52.3 Å². The van der Waals surface area contributed by atoms with Crippen molar-refractivity contribution in [1.29, 1.82) is 0 Å². The van der Waals surface area contributed by atoms with Gasteiger partial charge in [0, 0.05) is 22.8 Å². The molecule has 0 amide bonds. The van der Waals surface area contributed by atoms with Gasteiger partial charge in [0.2, 0.25) is 5.88 Å². The van der Waals surface area contributed by atoms with Gasteiger partial charge in [-0.05, 0) is 19.1 Å². The van der Waals surface area contributed by atoms with Gasteiger partial charge in [-0.3, -0.25) is 0 Å². The maximum absolute atomic E-state index is 6.07. The standard InChI is InChI=1S/C12H8Cl2N4O/c1-7-4-11(18-12(17-7)15-6-16-18)19-10-5-8(13)2-3-9(10)14/h2-6H,1H3. The summed E-state index contributed by atoms with van der Waals surface area (Å²) in [5, 5.41) is 5.06. The van der Waals surface area contributed by atoms with E-state index < -0.39 is 0 Å². The fraction of sp³-hybridized carbons (Fsp3) is 0.0833. The first-order valence-electron chi connectivity index (χ1n) is 5.44. The van der Waals surface area contributed by atoms with Gasteiger partial charge < -0.3 is 4.74 Å². The van der Waals surface area contributed by atoms with Gasteiger partial charge in [-0.25, -0.2) is 4.98 Å². The Kier molecular flexibility index (Phi) is 3.00. The molecule has 3 aromatic rings. The summed E-state index contributed by atoms with van der Waals surface area (Å²) in [6, 6.07) is 6.76. The zero-order valence-corrected chi connectivity index (χ0v) is 11.4. The number of benzene rings is 1. The minimum absolute atomic E-state index is 0.455. The van der Waals surface area contributed by atoms with Crippen LogP contribution in [0.1, 0.15) is 5.69 Å². The molecule has 1 aromatic carbocycles. The second kappa shape index (κ2) is 4.68.